The highest BCUT2D eigenvalue weighted by Gasteiger charge is 2.29. The van der Waals surface area contributed by atoms with Gasteiger partial charge in [0, 0.05) is 19.6 Å². The maximum Gasteiger partial charge on any atom is 0.405 e. The van der Waals surface area contributed by atoms with E-state index in [1.54, 1.807) is 0 Å². The molecule has 0 aliphatic rings. The molecule has 0 aliphatic carbocycles. The van der Waals surface area contributed by atoms with Gasteiger partial charge in [0.2, 0.25) is 0 Å². The third kappa shape index (κ3) is 5.31. The van der Waals surface area contributed by atoms with Gasteiger partial charge in [-0.3, -0.25) is 4.98 Å². The molecule has 4 nitrogen and oxygen atoms in total. The smallest absolute Gasteiger partial charge is 0.349 e. The summed E-state index contributed by atoms with van der Waals surface area (Å²) in [5.74, 6) is 0.209. The van der Waals surface area contributed by atoms with Crippen molar-refractivity contribution in [3.8, 4) is 0 Å². The number of nitrogens with zero attached hydrogens (tertiary/aromatic N) is 3. The van der Waals surface area contributed by atoms with Crippen LogP contribution in [0.4, 0.5) is 19.0 Å². The maximum absolute atomic E-state index is 12.2. The van der Waals surface area contributed by atoms with Crippen molar-refractivity contribution >= 4 is 5.82 Å². The number of anilines is 1. The van der Waals surface area contributed by atoms with Gasteiger partial charge in [-0.1, -0.05) is 13.8 Å². The number of hydrogen-bond acceptors (Lipinski definition) is 4. The van der Waals surface area contributed by atoms with E-state index in [4.69, 9.17) is 0 Å². The fraction of sp³-hybridized carbons (Fsp3) is 0.636. The molecular weight excluding hydrogens is 245 g/mol. The molecule has 0 unspecified atom stereocenters. The number of halogens is 3. The minimum atomic E-state index is -4.24. The largest absolute Gasteiger partial charge is 0.405 e. The van der Waals surface area contributed by atoms with Crippen LogP contribution in [0.1, 0.15) is 19.5 Å². The van der Waals surface area contributed by atoms with Gasteiger partial charge in [-0.05, 0) is 0 Å². The number of rotatable bonds is 5. The molecule has 18 heavy (non-hydrogen) atoms. The molecule has 0 spiro atoms. The molecule has 0 bridgehead atoms. The van der Waals surface area contributed by atoms with Crippen LogP contribution in [0, 0.1) is 0 Å². The summed E-state index contributed by atoms with van der Waals surface area (Å²) in [4.78, 5) is 9.05. The minimum absolute atomic E-state index is 0.209. The highest BCUT2D eigenvalue weighted by Crippen LogP contribution is 2.18. The molecule has 0 fully saturated rings. The standard InChI is InChI=1S/C11H17F3N4/c1-8(2)15-4-9-5-17-10(6-16-9)18(3)7-11(12,13)14/h5-6,8,15H,4,7H2,1-3H3. The summed E-state index contributed by atoms with van der Waals surface area (Å²) < 4.78 is 36.5. The first-order chi connectivity index (χ1) is 8.28. The number of nitrogens with one attached hydrogen (secondary N) is 1. The van der Waals surface area contributed by atoms with Gasteiger partial charge in [0.15, 0.2) is 0 Å². The Morgan fingerprint density at radius 3 is 2.39 bits per heavy atom. The first-order valence-corrected chi connectivity index (χ1v) is 5.60. The molecule has 1 N–H and O–H groups in total. The Hall–Kier alpha value is -1.37. The second kappa shape index (κ2) is 5.99. The SMILES string of the molecule is CC(C)NCc1cnc(N(C)CC(F)(F)F)cn1. The molecule has 0 atom stereocenters. The van der Waals surface area contributed by atoms with Crippen LogP contribution < -0.4 is 10.2 Å². The highest BCUT2D eigenvalue weighted by atomic mass is 19.4. The van der Waals surface area contributed by atoms with Crippen molar-refractivity contribution in [1.29, 1.82) is 0 Å². The second-order valence-corrected chi connectivity index (χ2v) is 4.37. The van der Waals surface area contributed by atoms with E-state index in [2.05, 4.69) is 15.3 Å². The minimum Gasteiger partial charge on any atom is -0.349 e. The molecule has 0 amide bonds. The van der Waals surface area contributed by atoms with Gasteiger partial charge in [0.1, 0.15) is 12.4 Å². The Bertz CT molecular complexity index is 362. The molecule has 0 aromatic carbocycles. The topological polar surface area (TPSA) is 41.1 Å². The molecule has 0 saturated heterocycles. The Balaban J connectivity index is 2.59. The Kier molecular flexibility index (Phi) is 4.89. The van der Waals surface area contributed by atoms with Crippen LogP contribution in [0.25, 0.3) is 0 Å². The van der Waals surface area contributed by atoms with Crippen molar-refractivity contribution in [1.82, 2.24) is 15.3 Å². The van der Waals surface area contributed by atoms with Crippen molar-refractivity contribution in [3.63, 3.8) is 0 Å². The first-order valence-electron chi connectivity index (χ1n) is 5.60. The molecule has 0 radical (unpaired) electrons. The molecule has 1 aromatic heterocycles. The summed E-state index contributed by atoms with van der Waals surface area (Å²) in [5.41, 5.74) is 0.702. The fourth-order valence-electron chi connectivity index (χ4n) is 1.29. The summed E-state index contributed by atoms with van der Waals surface area (Å²) in [6.07, 6.45) is -1.41. The Labute approximate surface area is 104 Å². The van der Waals surface area contributed by atoms with E-state index < -0.39 is 12.7 Å². The monoisotopic (exact) mass is 262 g/mol. The number of alkyl halides is 3. The highest BCUT2D eigenvalue weighted by molar-refractivity contribution is 5.34. The summed E-state index contributed by atoms with van der Waals surface area (Å²) in [6.45, 7) is 3.51. The molecule has 0 aliphatic heterocycles. The molecule has 7 heteroatoms. The van der Waals surface area contributed by atoms with E-state index in [1.165, 1.54) is 19.4 Å². The zero-order valence-electron chi connectivity index (χ0n) is 10.6. The molecule has 1 heterocycles. The van der Waals surface area contributed by atoms with E-state index in [9.17, 15) is 13.2 Å². The molecule has 102 valence electrons. The van der Waals surface area contributed by atoms with E-state index in [-0.39, 0.29) is 5.82 Å². The van der Waals surface area contributed by atoms with E-state index in [0.717, 1.165) is 4.90 Å². The average molecular weight is 262 g/mol. The lowest BCUT2D eigenvalue weighted by Gasteiger charge is -2.19. The van der Waals surface area contributed by atoms with Gasteiger partial charge < -0.3 is 10.2 Å². The van der Waals surface area contributed by atoms with Crippen LogP contribution in [0.3, 0.4) is 0 Å². The van der Waals surface area contributed by atoms with Crippen LogP contribution in [-0.2, 0) is 6.54 Å². The zero-order chi connectivity index (χ0) is 13.8. The van der Waals surface area contributed by atoms with Gasteiger partial charge in [-0.25, -0.2) is 4.98 Å². The molecule has 1 rings (SSSR count). The van der Waals surface area contributed by atoms with Crippen molar-refractivity contribution in [2.75, 3.05) is 18.5 Å². The van der Waals surface area contributed by atoms with Crippen LogP contribution in [0.2, 0.25) is 0 Å². The molecule has 1 aromatic rings. The predicted molar refractivity (Wildman–Crippen MR) is 63.3 cm³/mol. The van der Waals surface area contributed by atoms with E-state index >= 15 is 0 Å². The lowest BCUT2D eigenvalue weighted by atomic mass is 10.3. The summed E-state index contributed by atoms with van der Waals surface area (Å²) in [5, 5.41) is 3.15. The van der Waals surface area contributed by atoms with Gasteiger partial charge in [0.25, 0.3) is 0 Å². The Morgan fingerprint density at radius 1 is 1.28 bits per heavy atom. The van der Waals surface area contributed by atoms with Gasteiger partial charge in [-0.15, -0.1) is 0 Å². The zero-order valence-corrected chi connectivity index (χ0v) is 10.6. The van der Waals surface area contributed by atoms with Crippen molar-refractivity contribution in [2.45, 2.75) is 32.6 Å². The van der Waals surface area contributed by atoms with Crippen molar-refractivity contribution < 1.29 is 13.2 Å². The van der Waals surface area contributed by atoms with Gasteiger partial charge in [0.05, 0.1) is 18.1 Å². The molecule has 0 saturated carbocycles. The Morgan fingerprint density at radius 2 is 1.94 bits per heavy atom. The molecular formula is C11H17F3N4. The quantitative estimate of drug-likeness (QED) is 0.881. The summed E-state index contributed by atoms with van der Waals surface area (Å²) >= 11 is 0. The lowest BCUT2D eigenvalue weighted by molar-refractivity contribution is -0.119. The van der Waals surface area contributed by atoms with Gasteiger partial charge in [-0.2, -0.15) is 13.2 Å². The summed E-state index contributed by atoms with van der Waals surface area (Å²) in [6, 6.07) is 0.319. The number of hydrogen-bond donors (Lipinski definition) is 1. The van der Waals surface area contributed by atoms with Crippen LogP contribution in [0.5, 0.6) is 0 Å². The number of aromatic nitrogens is 2. The normalized spacial score (nSPS) is 11.9. The van der Waals surface area contributed by atoms with Gasteiger partial charge >= 0.3 is 6.18 Å². The maximum atomic E-state index is 12.2. The first kappa shape index (κ1) is 14.7. The average Bonchev–Trinajstić information content (AvgIpc) is 2.24. The predicted octanol–water partition coefficient (Wildman–Crippen LogP) is 1.97. The van der Waals surface area contributed by atoms with Crippen LogP contribution in [-0.4, -0.2) is 35.8 Å². The van der Waals surface area contributed by atoms with E-state index in [0.29, 0.717) is 18.3 Å². The third-order valence-electron chi connectivity index (χ3n) is 2.19. The summed E-state index contributed by atoms with van der Waals surface area (Å²) in [7, 11) is 1.34. The third-order valence-corrected chi connectivity index (χ3v) is 2.19. The van der Waals surface area contributed by atoms with Crippen LogP contribution in [0.15, 0.2) is 12.4 Å². The van der Waals surface area contributed by atoms with Crippen molar-refractivity contribution in [3.05, 3.63) is 18.1 Å². The fourth-order valence-corrected chi connectivity index (χ4v) is 1.29. The van der Waals surface area contributed by atoms with Crippen molar-refractivity contribution in [2.24, 2.45) is 0 Å². The lowest BCUT2D eigenvalue weighted by Crippen LogP contribution is -2.31. The van der Waals surface area contributed by atoms with Crippen LogP contribution >= 0.6 is 0 Å². The second-order valence-electron chi connectivity index (χ2n) is 4.37. The van der Waals surface area contributed by atoms with E-state index in [1.807, 2.05) is 13.8 Å².